The molecule has 4 nitrogen and oxygen atoms in total. The monoisotopic (exact) mass is 199 g/mol. The first-order valence-electron chi connectivity index (χ1n) is 5.07. The minimum atomic E-state index is -0.944. The Hall–Kier alpha value is -1.06. The molecule has 0 spiro atoms. The molecule has 1 saturated carbocycles. The van der Waals surface area contributed by atoms with E-state index in [1.807, 2.05) is 0 Å². The van der Waals surface area contributed by atoms with Crippen molar-refractivity contribution in [2.75, 3.05) is 0 Å². The molecule has 0 unspecified atom stereocenters. The minimum absolute atomic E-state index is 0.0932. The number of carbonyl (C=O) groups is 2. The van der Waals surface area contributed by atoms with Gasteiger partial charge in [0.25, 0.3) is 0 Å². The van der Waals surface area contributed by atoms with Crippen LogP contribution in [0.15, 0.2) is 0 Å². The lowest BCUT2D eigenvalue weighted by Crippen LogP contribution is -2.36. The van der Waals surface area contributed by atoms with Gasteiger partial charge in [0.15, 0.2) is 0 Å². The van der Waals surface area contributed by atoms with Gasteiger partial charge in [0.2, 0.25) is 0 Å². The lowest BCUT2D eigenvalue weighted by molar-refractivity contribution is -0.118. The summed E-state index contributed by atoms with van der Waals surface area (Å²) in [6.45, 7) is 1.61. The Morgan fingerprint density at radius 1 is 1.29 bits per heavy atom. The molecule has 4 heteroatoms. The zero-order chi connectivity index (χ0) is 10.6. The first-order chi connectivity index (χ1) is 6.58. The van der Waals surface area contributed by atoms with Crippen LogP contribution in [0.25, 0.3) is 0 Å². The van der Waals surface area contributed by atoms with Crippen LogP contribution in [0.4, 0.5) is 4.79 Å². The van der Waals surface area contributed by atoms with Crippen molar-refractivity contribution >= 4 is 11.9 Å². The average Bonchev–Trinajstić information content (AvgIpc) is 2.06. The van der Waals surface area contributed by atoms with Crippen LogP contribution in [-0.2, 0) is 4.79 Å². The Morgan fingerprint density at radius 2 is 1.86 bits per heavy atom. The number of Topliss-reactive ketones (excluding diaryl/α,β-unsaturated/α-hetero) is 1. The van der Waals surface area contributed by atoms with Gasteiger partial charge in [0.1, 0.15) is 5.78 Å². The molecule has 1 aliphatic rings. The van der Waals surface area contributed by atoms with Gasteiger partial charge in [-0.25, -0.2) is 4.79 Å². The highest BCUT2D eigenvalue weighted by molar-refractivity contribution is 5.75. The van der Waals surface area contributed by atoms with Gasteiger partial charge in [-0.2, -0.15) is 0 Å². The molecular formula is C10H17NO3. The smallest absolute Gasteiger partial charge is 0.404 e. The third-order valence-corrected chi connectivity index (χ3v) is 2.75. The van der Waals surface area contributed by atoms with Crippen molar-refractivity contribution in [3.05, 3.63) is 0 Å². The van der Waals surface area contributed by atoms with Crippen molar-refractivity contribution < 1.29 is 14.7 Å². The molecular weight excluding hydrogens is 182 g/mol. The second kappa shape index (κ2) is 4.98. The van der Waals surface area contributed by atoms with Crippen LogP contribution in [0.2, 0.25) is 0 Å². The van der Waals surface area contributed by atoms with Crippen LogP contribution >= 0.6 is 0 Å². The highest BCUT2D eigenvalue weighted by Crippen LogP contribution is 2.26. The fourth-order valence-electron chi connectivity index (χ4n) is 2.09. The maximum Gasteiger partial charge on any atom is 0.404 e. The SMILES string of the molecule is CC(=O)C[C@H]1CC[C@H](NC(=O)O)CC1. The van der Waals surface area contributed by atoms with Gasteiger partial charge in [-0.05, 0) is 38.5 Å². The molecule has 1 fully saturated rings. The quantitative estimate of drug-likeness (QED) is 0.728. The highest BCUT2D eigenvalue weighted by atomic mass is 16.4. The molecule has 80 valence electrons. The molecule has 0 aromatic heterocycles. The predicted molar refractivity (Wildman–Crippen MR) is 52.2 cm³/mol. The molecule has 1 amide bonds. The second-order valence-corrected chi connectivity index (χ2v) is 4.07. The Balaban J connectivity index is 2.24. The maximum absolute atomic E-state index is 10.9. The number of nitrogens with one attached hydrogen (secondary N) is 1. The third-order valence-electron chi connectivity index (χ3n) is 2.75. The van der Waals surface area contributed by atoms with E-state index in [1.54, 1.807) is 6.92 Å². The molecule has 0 atom stereocenters. The van der Waals surface area contributed by atoms with E-state index in [1.165, 1.54) is 0 Å². The van der Waals surface area contributed by atoms with E-state index >= 15 is 0 Å². The fourth-order valence-corrected chi connectivity index (χ4v) is 2.09. The average molecular weight is 199 g/mol. The van der Waals surface area contributed by atoms with Gasteiger partial charge in [-0.3, -0.25) is 0 Å². The van der Waals surface area contributed by atoms with Crippen molar-refractivity contribution in [2.24, 2.45) is 5.92 Å². The fraction of sp³-hybridized carbons (Fsp3) is 0.800. The number of rotatable bonds is 3. The summed E-state index contributed by atoms with van der Waals surface area (Å²) in [4.78, 5) is 21.2. The van der Waals surface area contributed by atoms with Crippen molar-refractivity contribution in [1.29, 1.82) is 0 Å². The third kappa shape index (κ3) is 3.77. The summed E-state index contributed by atoms with van der Waals surface area (Å²) in [5.74, 6) is 0.707. The summed E-state index contributed by atoms with van der Waals surface area (Å²) in [5.41, 5.74) is 0. The highest BCUT2D eigenvalue weighted by Gasteiger charge is 2.22. The number of hydrogen-bond donors (Lipinski definition) is 2. The summed E-state index contributed by atoms with van der Waals surface area (Å²) in [5, 5.41) is 11.0. The van der Waals surface area contributed by atoms with Crippen LogP contribution in [0, 0.1) is 5.92 Å². The van der Waals surface area contributed by atoms with Crippen LogP contribution in [-0.4, -0.2) is 23.0 Å². The topological polar surface area (TPSA) is 66.4 Å². The van der Waals surface area contributed by atoms with Gasteiger partial charge >= 0.3 is 6.09 Å². The van der Waals surface area contributed by atoms with Gasteiger partial charge in [0.05, 0.1) is 0 Å². The second-order valence-electron chi connectivity index (χ2n) is 4.07. The van der Waals surface area contributed by atoms with Gasteiger partial charge in [-0.15, -0.1) is 0 Å². The summed E-state index contributed by atoms with van der Waals surface area (Å²) >= 11 is 0. The number of amides is 1. The van der Waals surface area contributed by atoms with E-state index in [4.69, 9.17) is 5.11 Å². The summed E-state index contributed by atoms with van der Waals surface area (Å²) in [7, 11) is 0. The Labute approximate surface area is 83.7 Å². The molecule has 0 bridgehead atoms. The number of carbonyl (C=O) groups excluding carboxylic acids is 1. The molecule has 14 heavy (non-hydrogen) atoms. The van der Waals surface area contributed by atoms with Crippen LogP contribution in [0.3, 0.4) is 0 Å². The summed E-state index contributed by atoms with van der Waals surface area (Å²) in [6, 6.07) is 0.0932. The lowest BCUT2D eigenvalue weighted by Gasteiger charge is -2.27. The zero-order valence-corrected chi connectivity index (χ0v) is 8.45. The van der Waals surface area contributed by atoms with Crippen LogP contribution in [0.5, 0.6) is 0 Å². The van der Waals surface area contributed by atoms with Gasteiger partial charge < -0.3 is 15.2 Å². The van der Waals surface area contributed by atoms with Crippen molar-refractivity contribution in [2.45, 2.75) is 45.1 Å². The Morgan fingerprint density at radius 3 is 2.29 bits per heavy atom. The van der Waals surface area contributed by atoms with Crippen molar-refractivity contribution in [1.82, 2.24) is 5.32 Å². The molecule has 0 aliphatic heterocycles. The molecule has 0 radical (unpaired) electrons. The Kier molecular flexibility index (Phi) is 3.92. The molecule has 2 N–H and O–H groups in total. The van der Waals surface area contributed by atoms with Crippen LogP contribution < -0.4 is 5.32 Å². The minimum Gasteiger partial charge on any atom is -0.465 e. The standard InChI is InChI=1S/C10H17NO3/c1-7(12)6-8-2-4-9(5-3-8)11-10(13)14/h8-9,11H,2-6H2,1H3,(H,13,14)/t8-,9-. The number of hydrogen-bond acceptors (Lipinski definition) is 2. The van der Waals surface area contributed by atoms with Crippen LogP contribution in [0.1, 0.15) is 39.0 Å². The van der Waals surface area contributed by atoms with E-state index in [0.717, 1.165) is 25.7 Å². The molecule has 0 aromatic carbocycles. The largest absolute Gasteiger partial charge is 0.465 e. The van der Waals surface area contributed by atoms with E-state index in [9.17, 15) is 9.59 Å². The van der Waals surface area contributed by atoms with E-state index in [2.05, 4.69) is 5.32 Å². The maximum atomic E-state index is 10.9. The molecule has 0 aromatic rings. The normalized spacial score (nSPS) is 26.9. The molecule has 1 rings (SSSR count). The van der Waals surface area contributed by atoms with E-state index in [0.29, 0.717) is 12.3 Å². The first kappa shape index (κ1) is 11.0. The molecule has 0 saturated heterocycles. The summed E-state index contributed by atoms with van der Waals surface area (Å²) < 4.78 is 0. The molecule has 0 heterocycles. The molecule has 1 aliphatic carbocycles. The van der Waals surface area contributed by atoms with E-state index in [-0.39, 0.29) is 11.8 Å². The Bertz CT molecular complexity index is 195. The number of carboxylic acid groups (broad SMARTS) is 1. The van der Waals surface area contributed by atoms with E-state index < -0.39 is 6.09 Å². The predicted octanol–water partition coefficient (Wildman–Crippen LogP) is 1.79. The van der Waals surface area contributed by atoms with Crippen molar-refractivity contribution in [3.8, 4) is 0 Å². The van der Waals surface area contributed by atoms with Crippen molar-refractivity contribution in [3.63, 3.8) is 0 Å². The lowest BCUT2D eigenvalue weighted by atomic mass is 9.83. The zero-order valence-electron chi connectivity index (χ0n) is 8.45. The van der Waals surface area contributed by atoms with Gasteiger partial charge in [0, 0.05) is 12.5 Å². The summed E-state index contributed by atoms with van der Waals surface area (Å²) in [6.07, 6.45) is 3.36. The van der Waals surface area contributed by atoms with Gasteiger partial charge in [-0.1, -0.05) is 0 Å². The first-order valence-corrected chi connectivity index (χ1v) is 5.07. The number of ketones is 1.